The van der Waals surface area contributed by atoms with Crippen LogP contribution in [0.3, 0.4) is 0 Å². The third kappa shape index (κ3) is 5.52. The van der Waals surface area contributed by atoms with Gasteiger partial charge in [-0.2, -0.15) is 9.78 Å². The number of benzene rings is 2. The van der Waals surface area contributed by atoms with Gasteiger partial charge in [0.1, 0.15) is 10.8 Å². The van der Waals surface area contributed by atoms with E-state index < -0.39 is 5.56 Å². The van der Waals surface area contributed by atoms with E-state index in [-0.39, 0.29) is 17.4 Å². The van der Waals surface area contributed by atoms with E-state index in [0.717, 1.165) is 30.8 Å². The summed E-state index contributed by atoms with van der Waals surface area (Å²) in [5.41, 5.74) is 2.17. The molecule has 0 radical (unpaired) electrons. The Morgan fingerprint density at radius 2 is 1.88 bits per heavy atom. The maximum Gasteiger partial charge on any atom is 0.292 e. The summed E-state index contributed by atoms with van der Waals surface area (Å²) in [6.07, 6.45) is 3.66. The van der Waals surface area contributed by atoms with Gasteiger partial charge in [0.15, 0.2) is 0 Å². The highest BCUT2D eigenvalue weighted by Gasteiger charge is 2.16. The number of aliphatic hydroxyl groups is 1. The van der Waals surface area contributed by atoms with Crippen LogP contribution in [0.25, 0.3) is 5.69 Å². The Labute approximate surface area is 196 Å². The van der Waals surface area contributed by atoms with Crippen LogP contribution in [-0.4, -0.2) is 47.8 Å². The molecule has 1 saturated heterocycles. The Morgan fingerprint density at radius 3 is 2.52 bits per heavy atom. The summed E-state index contributed by atoms with van der Waals surface area (Å²) in [4.78, 5) is 14.7. The summed E-state index contributed by atoms with van der Waals surface area (Å²) >= 11 is 6.35. The fourth-order valence-corrected chi connectivity index (χ4v) is 4.06. The molecule has 1 aliphatic rings. The maximum absolute atomic E-state index is 13.3. The topological polar surface area (TPSA) is 79.6 Å². The molecule has 33 heavy (non-hydrogen) atoms. The molecule has 1 atom stereocenters. The van der Waals surface area contributed by atoms with Gasteiger partial charge in [0.05, 0.1) is 30.8 Å². The molecule has 3 aromatic rings. The normalized spacial score (nSPS) is 15.9. The maximum atomic E-state index is 13.3. The van der Waals surface area contributed by atoms with Crippen LogP contribution < -0.4 is 15.8 Å². The first kappa shape index (κ1) is 23.2. The molecular weight excluding hydrogens is 447 g/mol. The Kier molecular flexibility index (Phi) is 7.59. The molecule has 1 unspecified atom stereocenters. The number of aliphatic hydroxyl groups excluding tert-OH is 1. The zero-order valence-electron chi connectivity index (χ0n) is 18.1. The van der Waals surface area contributed by atoms with Crippen molar-refractivity contribution < 1.29 is 14.2 Å². The van der Waals surface area contributed by atoms with Gasteiger partial charge in [0.2, 0.25) is 0 Å². The number of hydrogen-bond acceptors (Lipinski definition) is 6. The van der Waals surface area contributed by atoms with Crippen molar-refractivity contribution >= 4 is 28.7 Å². The van der Waals surface area contributed by atoms with Crippen LogP contribution in [0.5, 0.6) is 0 Å². The van der Waals surface area contributed by atoms with Crippen molar-refractivity contribution in [1.29, 1.82) is 0 Å². The van der Waals surface area contributed by atoms with Crippen molar-refractivity contribution in [3.63, 3.8) is 0 Å². The van der Waals surface area contributed by atoms with E-state index in [1.165, 1.54) is 16.8 Å². The van der Waals surface area contributed by atoms with Gasteiger partial charge in [-0.15, -0.1) is 0 Å². The van der Waals surface area contributed by atoms with E-state index in [0.29, 0.717) is 37.0 Å². The van der Waals surface area contributed by atoms with E-state index in [2.05, 4.69) is 10.4 Å². The second kappa shape index (κ2) is 10.8. The minimum atomic E-state index is -0.417. The van der Waals surface area contributed by atoms with E-state index in [4.69, 9.17) is 16.3 Å². The molecule has 0 spiro atoms. The molecule has 0 bridgehead atoms. The van der Waals surface area contributed by atoms with Gasteiger partial charge in [0, 0.05) is 31.1 Å². The predicted molar refractivity (Wildman–Crippen MR) is 127 cm³/mol. The van der Waals surface area contributed by atoms with Crippen LogP contribution in [0.1, 0.15) is 12.8 Å². The molecule has 4 rings (SSSR count). The smallest absolute Gasteiger partial charge is 0.292 e. The minimum Gasteiger partial charge on any atom is -0.395 e. The summed E-state index contributed by atoms with van der Waals surface area (Å²) in [5, 5.41) is 17.1. The van der Waals surface area contributed by atoms with Crippen molar-refractivity contribution in [2.24, 2.45) is 5.92 Å². The summed E-state index contributed by atoms with van der Waals surface area (Å²) in [6, 6.07) is 13.2. The molecule has 174 valence electrons. The average Bonchev–Trinajstić information content (AvgIpc) is 2.85. The van der Waals surface area contributed by atoms with Crippen molar-refractivity contribution in [3.05, 3.63) is 75.9 Å². The molecule has 1 aromatic heterocycles. The monoisotopic (exact) mass is 472 g/mol. The zero-order valence-corrected chi connectivity index (χ0v) is 18.8. The van der Waals surface area contributed by atoms with Gasteiger partial charge >= 0.3 is 0 Å². The lowest BCUT2D eigenvalue weighted by molar-refractivity contribution is 0.0595. The SMILES string of the molecule is O=c1c(Cl)c(NCC2CCCOC2)cnn1-c1ccc(N(CCO)c2ccc(F)cc2)cc1. The van der Waals surface area contributed by atoms with Gasteiger partial charge < -0.3 is 20.1 Å². The highest BCUT2D eigenvalue weighted by Crippen LogP contribution is 2.26. The first-order chi connectivity index (χ1) is 16.1. The molecule has 0 aliphatic carbocycles. The van der Waals surface area contributed by atoms with Gasteiger partial charge in [-0.3, -0.25) is 4.79 Å². The van der Waals surface area contributed by atoms with Crippen molar-refractivity contribution in [3.8, 4) is 5.69 Å². The Bertz CT molecular complexity index is 1120. The number of rotatable bonds is 8. The van der Waals surface area contributed by atoms with Crippen LogP contribution in [0.4, 0.5) is 21.5 Å². The lowest BCUT2D eigenvalue weighted by atomic mass is 10.0. The van der Waals surface area contributed by atoms with Crippen molar-refractivity contribution in [2.45, 2.75) is 12.8 Å². The summed E-state index contributed by atoms with van der Waals surface area (Å²) in [6.45, 7) is 2.43. The zero-order chi connectivity index (χ0) is 23.2. The van der Waals surface area contributed by atoms with Gasteiger partial charge in [-0.05, 0) is 67.3 Å². The van der Waals surface area contributed by atoms with Gasteiger partial charge in [0.25, 0.3) is 5.56 Å². The molecule has 1 aliphatic heterocycles. The van der Waals surface area contributed by atoms with Crippen LogP contribution in [0.15, 0.2) is 59.5 Å². The number of anilines is 3. The molecule has 0 amide bonds. The molecule has 2 aromatic carbocycles. The number of aromatic nitrogens is 2. The minimum absolute atomic E-state index is 0.0722. The number of hydrogen-bond donors (Lipinski definition) is 2. The quantitative estimate of drug-likeness (QED) is 0.516. The second-order valence-electron chi connectivity index (χ2n) is 7.92. The first-order valence-corrected chi connectivity index (χ1v) is 11.3. The molecule has 2 heterocycles. The van der Waals surface area contributed by atoms with E-state index in [1.807, 2.05) is 17.0 Å². The van der Waals surface area contributed by atoms with Crippen LogP contribution in [0.2, 0.25) is 5.02 Å². The van der Waals surface area contributed by atoms with Crippen LogP contribution in [-0.2, 0) is 4.74 Å². The standard InChI is InChI=1S/C24H26ClFN4O3/c25-23-22(27-14-17-2-1-13-33-16-17)15-28-30(24(23)32)21-9-7-20(8-10-21)29(11-12-31)19-5-3-18(26)4-6-19/h3-10,15,17,27,31H,1-2,11-14,16H2. The van der Waals surface area contributed by atoms with E-state index >= 15 is 0 Å². The molecule has 0 saturated carbocycles. The summed E-state index contributed by atoms with van der Waals surface area (Å²) in [5.74, 6) is 0.0538. The fourth-order valence-electron chi connectivity index (χ4n) is 3.86. The van der Waals surface area contributed by atoms with E-state index in [1.54, 1.807) is 30.5 Å². The highest BCUT2D eigenvalue weighted by molar-refractivity contribution is 6.32. The molecule has 2 N–H and O–H groups in total. The van der Waals surface area contributed by atoms with Crippen LogP contribution >= 0.6 is 11.6 Å². The lowest BCUT2D eigenvalue weighted by Gasteiger charge is -2.24. The number of ether oxygens (including phenoxy) is 1. The van der Waals surface area contributed by atoms with Crippen molar-refractivity contribution in [2.75, 3.05) is 43.1 Å². The largest absolute Gasteiger partial charge is 0.395 e. The highest BCUT2D eigenvalue weighted by atomic mass is 35.5. The third-order valence-electron chi connectivity index (χ3n) is 5.62. The first-order valence-electron chi connectivity index (χ1n) is 10.9. The lowest BCUT2D eigenvalue weighted by Crippen LogP contribution is -2.27. The number of halogens is 2. The molecular formula is C24H26ClFN4O3. The number of nitrogens with zero attached hydrogens (tertiary/aromatic N) is 3. The van der Waals surface area contributed by atoms with Gasteiger partial charge in [-0.1, -0.05) is 11.6 Å². The molecule has 1 fully saturated rings. The average molecular weight is 473 g/mol. The fraction of sp³-hybridized carbons (Fsp3) is 0.333. The Balaban J connectivity index is 1.52. The summed E-state index contributed by atoms with van der Waals surface area (Å²) < 4.78 is 20.0. The molecule has 9 heteroatoms. The van der Waals surface area contributed by atoms with E-state index in [9.17, 15) is 14.3 Å². The van der Waals surface area contributed by atoms with Gasteiger partial charge in [-0.25, -0.2) is 4.39 Å². The van der Waals surface area contributed by atoms with Crippen LogP contribution in [0, 0.1) is 11.7 Å². The number of nitrogens with one attached hydrogen (secondary N) is 1. The van der Waals surface area contributed by atoms with Crippen molar-refractivity contribution in [1.82, 2.24) is 9.78 Å². The summed E-state index contributed by atoms with van der Waals surface area (Å²) in [7, 11) is 0. The second-order valence-corrected chi connectivity index (χ2v) is 8.30. The third-order valence-corrected chi connectivity index (χ3v) is 5.99. The predicted octanol–water partition coefficient (Wildman–Crippen LogP) is 3.99. The molecule has 7 nitrogen and oxygen atoms in total. The Hall–Kier alpha value is -2.94. The Morgan fingerprint density at radius 1 is 1.18 bits per heavy atom.